The van der Waals surface area contributed by atoms with Gasteiger partial charge in [-0.25, -0.2) is 0 Å². The summed E-state index contributed by atoms with van der Waals surface area (Å²) in [6.07, 6.45) is 8.35. The maximum absolute atomic E-state index is 15.1. The summed E-state index contributed by atoms with van der Waals surface area (Å²) in [5, 5.41) is 10.9. The first kappa shape index (κ1) is 31.2. The van der Waals surface area contributed by atoms with Crippen LogP contribution in [0.2, 0.25) is 0 Å². The number of nitrogens with zero attached hydrogens (tertiary/aromatic N) is 3. The van der Waals surface area contributed by atoms with E-state index in [4.69, 9.17) is 4.74 Å². The number of carbonyl (C=O) groups excluding carboxylic acids is 3. The number of rotatable bonds is 6. The molecule has 1 spiro atoms. The van der Waals surface area contributed by atoms with E-state index in [0.717, 1.165) is 12.1 Å². The normalized spacial score (nSPS) is 30.6. The van der Waals surface area contributed by atoms with Crippen molar-refractivity contribution >= 4 is 23.4 Å². The molecule has 45 heavy (non-hydrogen) atoms. The van der Waals surface area contributed by atoms with Gasteiger partial charge in [-0.05, 0) is 50.3 Å². The minimum absolute atomic E-state index is 0.0640. The molecule has 1 N–H and O–H groups in total. The van der Waals surface area contributed by atoms with Crippen LogP contribution in [0.25, 0.3) is 0 Å². The van der Waals surface area contributed by atoms with Crippen molar-refractivity contribution in [1.82, 2.24) is 9.80 Å². The third-order valence-electron chi connectivity index (χ3n) is 9.95. The molecule has 1 unspecified atom stereocenters. The van der Waals surface area contributed by atoms with Crippen LogP contribution in [0.1, 0.15) is 59.6 Å². The quantitative estimate of drug-likeness (QED) is 0.469. The Hall–Kier alpha value is -3.75. The molecule has 2 aromatic carbocycles. The van der Waals surface area contributed by atoms with Crippen LogP contribution in [0, 0.1) is 17.3 Å². The largest absolute Gasteiger partial charge is 0.394 e. The molecule has 0 aromatic heterocycles. The van der Waals surface area contributed by atoms with Crippen molar-refractivity contribution in [2.24, 2.45) is 17.3 Å². The van der Waals surface area contributed by atoms with Gasteiger partial charge >= 0.3 is 0 Å². The highest BCUT2D eigenvalue weighted by Crippen LogP contribution is 2.59. The number of aliphatic hydroxyl groups is 1. The first-order valence-corrected chi connectivity index (χ1v) is 16.0. The van der Waals surface area contributed by atoms with E-state index in [1.54, 1.807) is 4.90 Å². The van der Waals surface area contributed by atoms with Crippen molar-refractivity contribution in [2.45, 2.75) is 76.8 Å². The number of hydrogen-bond donors (Lipinski definition) is 1. The van der Waals surface area contributed by atoms with Gasteiger partial charge in [-0.2, -0.15) is 0 Å². The number of ether oxygens (including phenoxy) is 1. The molecule has 2 fully saturated rings. The summed E-state index contributed by atoms with van der Waals surface area (Å²) in [6, 6.07) is 16.8. The van der Waals surface area contributed by atoms with E-state index in [9.17, 15) is 14.7 Å². The van der Waals surface area contributed by atoms with Crippen molar-refractivity contribution in [1.29, 1.82) is 0 Å². The van der Waals surface area contributed by atoms with Crippen LogP contribution >= 0.6 is 0 Å². The molecule has 0 saturated carbocycles. The fourth-order valence-electron chi connectivity index (χ4n) is 8.60. The van der Waals surface area contributed by atoms with Gasteiger partial charge in [-0.1, -0.05) is 93.6 Å². The highest BCUT2D eigenvalue weighted by atomic mass is 16.5. The van der Waals surface area contributed by atoms with E-state index in [0.29, 0.717) is 18.7 Å². The topological polar surface area (TPSA) is 90.4 Å². The molecule has 6 rings (SSSR count). The van der Waals surface area contributed by atoms with Gasteiger partial charge in [-0.15, -0.1) is 0 Å². The van der Waals surface area contributed by atoms with Crippen LogP contribution in [-0.2, 0) is 19.1 Å². The fourth-order valence-corrected chi connectivity index (χ4v) is 8.60. The molecule has 0 bridgehead atoms. The highest BCUT2D eigenvalue weighted by Gasteiger charge is 2.75. The van der Waals surface area contributed by atoms with Crippen LogP contribution < -0.4 is 4.90 Å². The van der Waals surface area contributed by atoms with E-state index in [1.165, 1.54) is 4.90 Å². The second-order valence-electron chi connectivity index (χ2n) is 14.9. The van der Waals surface area contributed by atoms with Crippen LogP contribution in [0.4, 0.5) is 5.69 Å². The second kappa shape index (κ2) is 11.0. The monoisotopic (exact) mass is 611 g/mol. The van der Waals surface area contributed by atoms with Crippen molar-refractivity contribution in [3.63, 3.8) is 0 Å². The Bertz CT molecular complexity index is 1530. The van der Waals surface area contributed by atoms with E-state index < -0.39 is 40.7 Å². The second-order valence-corrected chi connectivity index (χ2v) is 14.9. The fraction of sp³-hybridized carbons (Fsp3) is 0.486. The predicted molar refractivity (Wildman–Crippen MR) is 173 cm³/mol. The number of likely N-dealkylation sites (tertiary alicyclic amines) is 1. The molecule has 0 aliphatic carbocycles. The lowest BCUT2D eigenvalue weighted by molar-refractivity contribution is -0.158. The van der Waals surface area contributed by atoms with Gasteiger partial charge in [0.2, 0.25) is 17.7 Å². The summed E-state index contributed by atoms with van der Waals surface area (Å²) < 4.78 is 7.03. The van der Waals surface area contributed by atoms with E-state index in [-0.39, 0.29) is 29.7 Å². The van der Waals surface area contributed by atoms with Gasteiger partial charge < -0.3 is 24.5 Å². The summed E-state index contributed by atoms with van der Waals surface area (Å²) in [4.78, 5) is 49.8. The molecule has 3 amide bonds. The minimum atomic E-state index is -1.41. The van der Waals surface area contributed by atoms with Gasteiger partial charge in [0.25, 0.3) is 0 Å². The number of amides is 3. The molecule has 4 aliphatic rings. The van der Waals surface area contributed by atoms with Gasteiger partial charge in [0.1, 0.15) is 11.6 Å². The Morgan fingerprint density at radius 1 is 0.844 bits per heavy atom. The third-order valence-corrected chi connectivity index (χ3v) is 9.95. The van der Waals surface area contributed by atoms with Gasteiger partial charge in [0, 0.05) is 24.3 Å². The zero-order chi connectivity index (χ0) is 32.4. The van der Waals surface area contributed by atoms with Crippen LogP contribution in [0.5, 0.6) is 0 Å². The van der Waals surface area contributed by atoms with Crippen molar-refractivity contribution < 1.29 is 24.2 Å². The van der Waals surface area contributed by atoms with Gasteiger partial charge in [0.05, 0.1) is 30.1 Å². The Morgan fingerprint density at radius 2 is 1.47 bits per heavy atom. The zero-order valence-electron chi connectivity index (χ0n) is 27.1. The number of fused-ring (bicyclic) bond motifs is 2. The van der Waals surface area contributed by atoms with Crippen LogP contribution in [0.3, 0.4) is 0 Å². The molecule has 6 atom stereocenters. The third kappa shape index (κ3) is 5.03. The summed E-state index contributed by atoms with van der Waals surface area (Å²) in [5.74, 6) is -2.69. The number of benzene rings is 2. The molecule has 2 aromatic rings. The molecular weight excluding hydrogens is 566 g/mol. The van der Waals surface area contributed by atoms with Gasteiger partial charge in [0.15, 0.2) is 0 Å². The first-order valence-electron chi connectivity index (χ1n) is 16.0. The molecule has 238 valence electrons. The maximum Gasteiger partial charge on any atom is 0.249 e. The lowest BCUT2D eigenvalue weighted by atomic mass is 9.74. The van der Waals surface area contributed by atoms with Crippen molar-refractivity contribution in [2.75, 3.05) is 24.6 Å². The number of anilines is 1. The Balaban J connectivity index is 1.52. The first-order chi connectivity index (χ1) is 21.2. The summed E-state index contributed by atoms with van der Waals surface area (Å²) in [5.41, 5.74) is -1.71. The standard InChI is InChI=1S/C37H45N3O5/c1-34(2,3)24-35(4,5)39-22-14-20-37-29(32(43)40(30(37)33(39)44)27(23-41)25-15-9-7-10-16-25)28-31(42)38(26-17-11-8-12-18-26)21-13-19-36(28,6)45-37/h7-20,27-30,41H,21-24H2,1-6H3/t27-,28+,29+,30?,36-,37+/m1/s1. The summed E-state index contributed by atoms with van der Waals surface area (Å²) >= 11 is 0. The summed E-state index contributed by atoms with van der Waals surface area (Å²) in [7, 11) is 0. The highest BCUT2D eigenvalue weighted by molar-refractivity contribution is 6.04. The lowest BCUT2D eigenvalue weighted by Gasteiger charge is -2.45. The van der Waals surface area contributed by atoms with E-state index in [1.807, 2.05) is 96.8 Å². The molecule has 2 saturated heterocycles. The molecule has 0 radical (unpaired) electrons. The Kier molecular flexibility index (Phi) is 7.60. The van der Waals surface area contributed by atoms with Crippen LogP contribution in [-0.4, -0.2) is 75.1 Å². The summed E-state index contributed by atoms with van der Waals surface area (Å²) in [6.45, 7) is 12.7. The SMILES string of the molecule is CC(C)(C)CC(C)(C)N1CC=C[C@]23O[C@]4(C)C=CCN(c5ccccc5)C(=O)[C@@H]4[C@H]2C(=O)N([C@H](CO)c2ccccc2)C3C1=O. The van der Waals surface area contributed by atoms with Crippen LogP contribution in [0.15, 0.2) is 85.0 Å². The van der Waals surface area contributed by atoms with E-state index >= 15 is 4.79 Å². The number of aliphatic hydroxyl groups excluding tert-OH is 1. The van der Waals surface area contributed by atoms with Gasteiger partial charge in [-0.3, -0.25) is 14.4 Å². The average molecular weight is 612 g/mol. The molecule has 8 nitrogen and oxygen atoms in total. The molecular formula is C37H45N3O5. The smallest absolute Gasteiger partial charge is 0.249 e. The molecule has 4 heterocycles. The van der Waals surface area contributed by atoms with Crippen molar-refractivity contribution in [3.8, 4) is 0 Å². The van der Waals surface area contributed by atoms with E-state index in [2.05, 4.69) is 34.6 Å². The number of hydrogen-bond acceptors (Lipinski definition) is 5. The Morgan fingerprint density at radius 3 is 2.09 bits per heavy atom. The molecule has 8 heteroatoms. The zero-order valence-corrected chi connectivity index (χ0v) is 27.1. The lowest BCUT2D eigenvalue weighted by Crippen LogP contribution is -2.60. The maximum atomic E-state index is 15.1. The Labute approximate surface area is 266 Å². The number of carbonyl (C=O) groups is 3. The number of para-hydroxylation sites is 1. The molecule has 4 aliphatic heterocycles. The van der Waals surface area contributed by atoms with Crippen molar-refractivity contribution in [3.05, 3.63) is 90.5 Å². The minimum Gasteiger partial charge on any atom is -0.394 e. The average Bonchev–Trinajstić information content (AvgIpc) is 3.24. The predicted octanol–water partition coefficient (Wildman–Crippen LogP) is 4.91.